The van der Waals surface area contributed by atoms with E-state index in [4.69, 9.17) is 0 Å². The smallest absolute Gasteiger partial charge is 0.0370 e. The van der Waals surface area contributed by atoms with Crippen molar-refractivity contribution in [1.82, 2.24) is 0 Å². The lowest BCUT2D eigenvalue weighted by Crippen LogP contribution is -1.94. The van der Waals surface area contributed by atoms with Crippen molar-refractivity contribution >= 4 is 28.3 Å². The fraction of sp³-hybridized carbons (Fsp3) is 0.333. The highest BCUT2D eigenvalue weighted by Gasteiger charge is 1.97. The Morgan fingerprint density at radius 3 is 2.73 bits per heavy atom. The normalized spacial score (nSPS) is 9.73. The predicted octanol–water partition coefficient (Wildman–Crippen LogP) is 2.90. The Labute approximate surface area is 81.3 Å². The van der Waals surface area contributed by atoms with Gasteiger partial charge in [0.2, 0.25) is 0 Å². The van der Waals surface area contributed by atoms with E-state index in [9.17, 15) is 0 Å². The van der Waals surface area contributed by atoms with Crippen LogP contribution in [0.1, 0.15) is 12.5 Å². The third-order valence-electron chi connectivity index (χ3n) is 1.72. The van der Waals surface area contributed by atoms with Crippen LogP contribution in [0, 0.1) is 3.57 Å². The largest absolute Gasteiger partial charge is 0.388 e. The zero-order valence-corrected chi connectivity index (χ0v) is 8.97. The molecule has 0 aliphatic heterocycles. The van der Waals surface area contributed by atoms with E-state index in [1.165, 1.54) is 14.8 Å². The summed E-state index contributed by atoms with van der Waals surface area (Å²) in [5, 5.41) is 3.17. The van der Waals surface area contributed by atoms with Crippen molar-refractivity contribution in [2.24, 2.45) is 0 Å². The first-order chi connectivity index (χ1) is 5.27. The molecule has 1 aromatic rings. The Kier molecular flexibility index (Phi) is 3.17. The Balaban J connectivity index is 3.06. The van der Waals surface area contributed by atoms with Gasteiger partial charge in [0.25, 0.3) is 0 Å². The molecule has 11 heavy (non-hydrogen) atoms. The molecule has 0 saturated heterocycles. The van der Waals surface area contributed by atoms with Gasteiger partial charge in [-0.25, -0.2) is 0 Å². The van der Waals surface area contributed by atoms with Crippen LogP contribution < -0.4 is 5.32 Å². The number of anilines is 1. The molecule has 0 aliphatic carbocycles. The van der Waals surface area contributed by atoms with Crippen molar-refractivity contribution in [3.05, 3.63) is 27.3 Å². The van der Waals surface area contributed by atoms with Gasteiger partial charge >= 0.3 is 0 Å². The summed E-state index contributed by atoms with van der Waals surface area (Å²) < 4.78 is 1.30. The molecule has 0 aromatic heterocycles. The minimum atomic E-state index is 1.09. The lowest BCUT2D eigenvalue weighted by atomic mass is 10.1. The van der Waals surface area contributed by atoms with Gasteiger partial charge in [-0.05, 0) is 52.8 Å². The van der Waals surface area contributed by atoms with E-state index in [0.717, 1.165) is 6.42 Å². The molecule has 2 heteroatoms. The second kappa shape index (κ2) is 3.95. The zero-order chi connectivity index (χ0) is 8.27. The summed E-state index contributed by atoms with van der Waals surface area (Å²) in [6.07, 6.45) is 1.09. The van der Waals surface area contributed by atoms with Crippen LogP contribution in [0.3, 0.4) is 0 Å². The maximum atomic E-state index is 3.17. The first kappa shape index (κ1) is 8.84. The molecule has 1 aromatic carbocycles. The van der Waals surface area contributed by atoms with E-state index in [2.05, 4.69) is 53.0 Å². The number of nitrogens with one attached hydrogen (secondary N) is 1. The van der Waals surface area contributed by atoms with Crippen LogP contribution >= 0.6 is 22.6 Å². The molecule has 0 atom stereocenters. The number of hydrogen-bond acceptors (Lipinski definition) is 1. The second-order valence-electron chi connectivity index (χ2n) is 2.41. The van der Waals surface area contributed by atoms with E-state index < -0.39 is 0 Å². The van der Waals surface area contributed by atoms with E-state index in [-0.39, 0.29) is 0 Å². The molecule has 60 valence electrons. The Morgan fingerprint density at radius 1 is 1.45 bits per heavy atom. The molecule has 0 spiro atoms. The maximum absolute atomic E-state index is 3.17. The van der Waals surface area contributed by atoms with Gasteiger partial charge in [-0.3, -0.25) is 0 Å². The van der Waals surface area contributed by atoms with Gasteiger partial charge in [-0.1, -0.05) is 6.92 Å². The van der Waals surface area contributed by atoms with Gasteiger partial charge in [0, 0.05) is 16.3 Å². The summed E-state index contributed by atoms with van der Waals surface area (Å²) in [5.74, 6) is 0. The molecule has 0 unspecified atom stereocenters. The molecule has 1 nitrogen and oxygen atoms in total. The molecule has 0 radical (unpaired) electrons. The second-order valence-corrected chi connectivity index (χ2v) is 3.65. The van der Waals surface area contributed by atoms with Crippen LogP contribution in [0.4, 0.5) is 5.69 Å². The summed E-state index contributed by atoms with van der Waals surface area (Å²) in [6, 6.07) is 6.46. The van der Waals surface area contributed by atoms with Crippen molar-refractivity contribution < 1.29 is 0 Å². The first-order valence-electron chi connectivity index (χ1n) is 3.74. The van der Waals surface area contributed by atoms with Crippen molar-refractivity contribution in [2.45, 2.75) is 13.3 Å². The van der Waals surface area contributed by atoms with Crippen LogP contribution in [-0.4, -0.2) is 7.05 Å². The molecule has 1 rings (SSSR count). The highest BCUT2D eigenvalue weighted by atomic mass is 127. The van der Waals surface area contributed by atoms with Crippen LogP contribution in [0.15, 0.2) is 18.2 Å². The summed E-state index contributed by atoms with van der Waals surface area (Å²) in [4.78, 5) is 0. The number of benzene rings is 1. The van der Waals surface area contributed by atoms with E-state index in [1.807, 2.05) is 7.05 Å². The third-order valence-corrected chi connectivity index (χ3v) is 2.39. The first-order valence-corrected chi connectivity index (χ1v) is 4.82. The number of aryl methyl sites for hydroxylation is 1. The van der Waals surface area contributed by atoms with Gasteiger partial charge in [-0.2, -0.15) is 0 Å². The lowest BCUT2D eigenvalue weighted by molar-refractivity contribution is 1.13. The average Bonchev–Trinajstić information content (AvgIpc) is 2.04. The van der Waals surface area contributed by atoms with Gasteiger partial charge in [0.05, 0.1) is 0 Å². The molecule has 0 fully saturated rings. The summed E-state index contributed by atoms with van der Waals surface area (Å²) in [7, 11) is 1.96. The fourth-order valence-corrected chi connectivity index (χ4v) is 1.65. The number of halogens is 1. The van der Waals surface area contributed by atoms with Crippen molar-refractivity contribution in [3.8, 4) is 0 Å². The molecule has 0 saturated carbocycles. The standard InChI is InChI=1S/C9H12IN/c1-3-7-6-8(10)4-5-9(7)11-2/h4-6,11H,3H2,1-2H3. The topological polar surface area (TPSA) is 12.0 Å². The third kappa shape index (κ3) is 2.09. The van der Waals surface area contributed by atoms with Gasteiger partial charge < -0.3 is 5.32 Å². The van der Waals surface area contributed by atoms with E-state index in [1.54, 1.807) is 0 Å². The SMILES string of the molecule is CCc1cc(I)ccc1NC. The maximum Gasteiger partial charge on any atom is 0.0370 e. The summed E-state index contributed by atoms with van der Waals surface area (Å²) in [5.41, 5.74) is 2.63. The molecule has 0 amide bonds. The Bertz CT molecular complexity index is 245. The van der Waals surface area contributed by atoms with Gasteiger partial charge in [0.15, 0.2) is 0 Å². The molecular weight excluding hydrogens is 249 g/mol. The minimum Gasteiger partial charge on any atom is -0.388 e. The zero-order valence-electron chi connectivity index (χ0n) is 6.82. The summed E-state index contributed by atoms with van der Waals surface area (Å²) >= 11 is 2.33. The molecule has 0 heterocycles. The van der Waals surface area contributed by atoms with Crippen LogP contribution in [0.5, 0.6) is 0 Å². The van der Waals surface area contributed by atoms with Crippen molar-refractivity contribution in [2.75, 3.05) is 12.4 Å². The monoisotopic (exact) mass is 261 g/mol. The highest BCUT2D eigenvalue weighted by molar-refractivity contribution is 14.1. The van der Waals surface area contributed by atoms with Crippen LogP contribution in [-0.2, 0) is 6.42 Å². The molecule has 0 aliphatic rings. The molecule has 1 N–H and O–H groups in total. The lowest BCUT2D eigenvalue weighted by Gasteiger charge is -2.06. The molecule has 0 bridgehead atoms. The number of rotatable bonds is 2. The Morgan fingerprint density at radius 2 is 2.18 bits per heavy atom. The number of hydrogen-bond donors (Lipinski definition) is 1. The van der Waals surface area contributed by atoms with Gasteiger partial charge in [0.1, 0.15) is 0 Å². The average molecular weight is 261 g/mol. The van der Waals surface area contributed by atoms with Crippen molar-refractivity contribution in [3.63, 3.8) is 0 Å². The summed E-state index contributed by atoms with van der Waals surface area (Å²) in [6.45, 7) is 2.17. The predicted molar refractivity (Wildman–Crippen MR) is 58.1 cm³/mol. The van der Waals surface area contributed by atoms with E-state index >= 15 is 0 Å². The van der Waals surface area contributed by atoms with Crippen molar-refractivity contribution in [1.29, 1.82) is 0 Å². The Hall–Kier alpha value is -0.250. The van der Waals surface area contributed by atoms with Gasteiger partial charge in [-0.15, -0.1) is 0 Å². The highest BCUT2D eigenvalue weighted by Crippen LogP contribution is 2.18. The molecular formula is C9H12IN. The van der Waals surface area contributed by atoms with E-state index in [0.29, 0.717) is 0 Å². The fourth-order valence-electron chi connectivity index (χ4n) is 1.10. The quantitative estimate of drug-likeness (QED) is 0.807. The van der Waals surface area contributed by atoms with Crippen LogP contribution in [0.25, 0.3) is 0 Å². The van der Waals surface area contributed by atoms with Crippen LogP contribution in [0.2, 0.25) is 0 Å². The minimum absolute atomic E-state index is 1.09.